The molecule has 2 rings (SSSR count). The van der Waals surface area contributed by atoms with Crippen LogP contribution in [0.25, 0.3) is 11.3 Å². The van der Waals surface area contributed by atoms with Crippen molar-refractivity contribution in [3.05, 3.63) is 40.9 Å². The topological polar surface area (TPSA) is 37.8 Å². The molecule has 1 aromatic heterocycles. The fraction of sp³-hybridized carbons (Fsp3) is 0.231. The van der Waals surface area contributed by atoms with Crippen LogP contribution in [0, 0.1) is 5.82 Å². The molecule has 0 aliphatic carbocycles. The van der Waals surface area contributed by atoms with E-state index in [1.807, 2.05) is 0 Å². The predicted octanol–water partition coefficient (Wildman–Crippen LogP) is 3.87. The highest BCUT2D eigenvalue weighted by molar-refractivity contribution is 9.10. The normalized spacial score (nSPS) is 10.4. The first-order chi connectivity index (χ1) is 8.72. The summed E-state index contributed by atoms with van der Waals surface area (Å²) in [7, 11) is 0. The van der Waals surface area contributed by atoms with Crippen molar-refractivity contribution in [3.8, 4) is 11.3 Å². The van der Waals surface area contributed by atoms with Gasteiger partial charge in [-0.1, -0.05) is 22.9 Å². The molecule has 2 aromatic rings. The maximum atomic E-state index is 13.3. The average Bonchev–Trinajstić information content (AvgIpc) is 2.39. The van der Waals surface area contributed by atoms with Crippen molar-refractivity contribution in [2.45, 2.75) is 13.3 Å². The summed E-state index contributed by atoms with van der Waals surface area (Å²) in [6.07, 6.45) is 4.21. The van der Waals surface area contributed by atoms with Gasteiger partial charge in [0.2, 0.25) is 0 Å². The smallest absolute Gasteiger partial charge is 0.152 e. The minimum atomic E-state index is -0.291. The quantitative estimate of drug-likeness (QED) is 0.931. The maximum Gasteiger partial charge on any atom is 0.152 e. The largest absolute Gasteiger partial charge is 0.368 e. The fourth-order valence-corrected chi connectivity index (χ4v) is 2.02. The van der Waals surface area contributed by atoms with Crippen LogP contribution in [0.3, 0.4) is 0 Å². The van der Waals surface area contributed by atoms with Gasteiger partial charge in [-0.25, -0.2) is 9.37 Å². The van der Waals surface area contributed by atoms with Gasteiger partial charge < -0.3 is 5.32 Å². The second-order valence-corrected chi connectivity index (χ2v) is 4.66. The molecule has 0 saturated heterocycles. The summed E-state index contributed by atoms with van der Waals surface area (Å²) in [6.45, 7) is 2.87. The van der Waals surface area contributed by atoms with Crippen molar-refractivity contribution in [3.63, 3.8) is 0 Å². The molecule has 1 aromatic carbocycles. The predicted molar refractivity (Wildman–Crippen MR) is 73.9 cm³/mol. The number of rotatable bonds is 4. The van der Waals surface area contributed by atoms with E-state index in [1.165, 1.54) is 12.1 Å². The number of hydrogen-bond donors (Lipinski definition) is 1. The van der Waals surface area contributed by atoms with E-state index in [1.54, 1.807) is 18.5 Å². The Kier molecular flexibility index (Phi) is 4.25. The summed E-state index contributed by atoms with van der Waals surface area (Å²) in [5, 5.41) is 3.19. The van der Waals surface area contributed by atoms with Gasteiger partial charge in [0.05, 0.1) is 0 Å². The molecule has 0 unspecified atom stereocenters. The number of hydrogen-bond acceptors (Lipinski definition) is 3. The molecule has 0 amide bonds. The van der Waals surface area contributed by atoms with Crippen LogP contribution in [0.2, 0.25) is 0 Å². The zero-order chi connectivity index (χ0) is 13.0. The molecule has 1 N–H and O–H groups in total. The number of benzene rings is 1. The molecule has 94 valence electrons. The lowest BCUT2D eigenvalue weighted by molar-refractivity contribution is 0.628. The maximum absolute atomic E-state index is 13.3. The van der Waals surface area contributed by atoms with Crippen LogP contribution in [0.5, 0.6) is 0 Å². The van der Waals surface area contributed by atoms with Gasteiger partial charge in [-0.2, -0.15) is 0 Å². The lowest BCUT2D eigenvalue weighted by Gasteiger charge is -2.10. The van der Waals surface area contributed by atoms with E-state index < -0.39 is 0 Å². The van der Waals surface area contributed by atoms with Gasteiger partial charge in [0, 0.05) is 29.0 Å². The molecular weight excluding hydrogens is 297 g/mol. The van der Waals surface area contributed by atoms with Crippen LogP contribution in [-0.4, -0.2) is 16.5 Å². The van der Waals surface area contributed by atoms with Crippen LogP contribution in [0.4, 0.5) is 10.2 Å². The molecule has 18 heavy (non-hydrogen) atoms. The van der Waals surface area contributed by atoms with Crippen molar-refractivity contribution in [1.29, 1.82) is 0 Å². The van der Waals surface area contributed by atoms with Gasteiger partial charge in [0.15, 0.2) is 5.82 Å². The van der Waals surface area contributed by atoms with Crippen molar-refractivity contribution in [2.75, 3.05) is 11.9 Å². The Morgan fingerprint density at radius 2 is 2.06 bits per heavy atom. The number of nitrogens with one attached hydrogen (secondary N) is 1. The van der Waals surface area contributed by atoms with Crippen LogP contribution in [0.1, 0.15) is 13.3 Å². The monoisotopic (exact) mass is 309 g/mol. The first-order valence-electron chi connectivity index (χ1n) is 5.72. The van der Waals surface area contributed by atoms with Crippen molar-refractivity contribution < 1.29 is 4.39 Å². The SMILES string of the molecule is CCCNc1nccnc1-c1cc(F)ccc1Br. The van der Waals surface area contributed by atoms with Gasteiger partial charge in [0.1, 0.15) is 11.5 Å². The van der Waals surface area contributed by atoms with Gasteiger partial charge in [0.25, 0.3) is 0 Å². The summed E-state index contributed by atoms with van der Waals surface area (Å²) in [5.74, 6) is 0.381. The lowest BCUT2D eigenvalue weighted by Crippen LogP contribution is -2.04. The first-order valence-corrected chi connectivity index (χ1v) is 6.52. The molecule has 0 bridgehead atoms. The molecule has 1 heterocycles. The van der Waals surface area contributed by atoms with Crippen molar-refractivity contribution in [2.24, 2.45) is 0 Å². The third-order valence-electron chi connectivity index (χ3n) is 2.42. The van der Waals surface area contributed by atoms with Gasteiger partial charge >= 0.3 is 0 Å². The van der Waals surface area contributed by atoms with Crippen LogP contribution in [0.15, 0.2) is 35.1 Å². The fourth-order valence-electron chi connectivity index (χ4n) is 1.59. The molecule has 0 aliphatic heterocycles. The number of anilines is 1. The summed E-state index contributed by atoms with van der Waals surface area (Å²) in [4.78, 5) is 8.53. The number of halogens is 2. The van der Waals surface area contributed by atoms with Crippen LogP contribution in [-0.2, 0) is 0 Å². The van der Waals surface area contributed by atoms with Gasteiger partial charge in [-0.3, -0.25) is 4.98 Å². The molecular formula is C13H13BrFN3. The highest BCUT2D eigenvalue weighted by Gasteiger charge is 2.11. The minimum absolute atomic E-state index is 0.291. The Balaban J connectivity index is 2.46. The highest BCUT2D eigenvalue weighted by atomic mass is 79.9. The third kappa shape index (κ3) is 2.85. The summed E-state index contributed by atoms with van der Waals surface area (Å²) in [5.41, 5.74) is 1.35. The lowest BCUT2D eigenvalue weighted by atomic mass is 10.1. The molecule has 0 fully saturated rings. The Morgan fingerprint density at radius 1 is 1.28 bits per heavy atom. The Hall–Kier alpha value is -1.49. The third-order valence-corrected chi connectivity index (χ3v) is 3.12. The van der Waals surface area contributed by atoms with Gasteiger partial charge in [-0.05, 0) is 24.6 Å². The standard InChI is InChI=1S/C13H13BrFN3/c1-2-5-17-13-12(16-6-7-18-13)10-8-9(15)3-4-11(10)14/h3-4,6-8H,2,5H2,1H3,(H,17,18). The summed E-state index contributed by atoms with van der Waals surface area (Å²) in [6, 6.07) is 4.53. The molecule has 0 spiro atoms. The van der Waals surface area contributed by atoms with E-state index in [0.29, 0.717) is 17.1 Å². The Labute approximate surface area is 114 Å². The zero-order valence-electron chi connectivity index (χ0n) is 9.95. The zero-order valence-corrected chi connectivity index (χ0v) is 11.5. The van der Waals surface area contributed by atoms with E-state index in [4.69, 9.17) is 0 Å². The minimum Gasteiger partial charge on any atom is -0.368 e. The number of nitrogens with zero attached hydrogens (tertiary/aromatic N) is 2. The Morgan fingerprint density at radius 3 is 2.83 bits per heavy atom. The van der Waals surface area contributed by atoms with Crippen LogP contribution >= 0.6 is 15.9 Å². The molecule has 0 saturated carbocycles. The van der Waals surface area contributed by atoms with Crippen molar-refractivity contribution >= 4 is 21.7 Å². The molecule has 3 nitrogen and oxygen atoms in total. The van der Waals surface area contributed by atoms with Crippen molar-refractivity contribution in [1.82, 2.24) is 9.97 Å². The second kappa shape index (κ2) is 5.91. The summed E-state index contributed by atoms with van der Waals surface area (Å²) >= 11 is 3.41. The van der Waals surface area contributed by atoms with E-state index >= 15 is 0 Å². The van der Waals surface area contributed by atoms with Gasteiger partial charge in [-0.15, -0.1) is 0 Å². The molecule has 0 radical (unpaired) electrons. The Bertz CT molecular complexity index is 546. The van der Waals surface area contributed by atoms with E-state index in [0.717, 1.165) is 17.4 Å². The second-order valence-electron chi connectivity index (χ2n) is 3.80. The summed E-state index contributed by atoms with van der Waals surface area (Å²) < 4.78 is 14.1. The number of aromatic nitrogens is 2. The van der Waals surface area contributed by atoms with Crippen LogP contribution < -0.4 is 5.32 Å². The van der Waals surface area contributed by atoms with E-state index in [-0.39, 0.29) is 5.82 Å². The van der Waals surface area contributed by atoms with E-state index in [9.17, 15) is 4.39 Å². The molecule has 5 heteroatoms. The first kappa shape index (κ1) is 13.0. The van der Waals surface area contributed by atoms with E-state index in [2.05, 4.69) is 38.1 Å². The molecule has 0 aliphatic rings. The molecule has 0 atom stereocenters. The average molecular weight is 310 g/mol. The highest BCUT2D eigenvalue weighted by Crippen LogP contribution is 2.31.